The molecular weight excluding hydrogens is 356 g/mol. The van der Waals surface area contributed by atoms with Crippen LogP contribution in [0.15, 0.2) is 57.2 Å². The molecule has 0 aliphatic carbocycles. The van der Waals surface area contributed by atoms with Gasteiger partial charge in [0.2, 0.25) is 5.75 Å². The first-order valence-corrected chi connectivity index (χ1v) is 7.62. The summed E-state index contributed by atoms with van der Waals surface area (Å²) in [5.74, 6) is -0.917. The molecule has 1 aromatic heterocycles. The number of rotatable bonds is 4. The van der Waals surface area contributed by atoms with Crippen LogP contribution in [0.4, 0.5) is 5.69 Å². The van der Waals surface area contributed by atoms with E-state index in [4.69, 9.17) is 4.74 Å². The highest BCUT2D eigenvalue weighted by Crippen LogP contribution is 2.27. The lowest BCUT2D eigenvalue weighted by molar-refractivity contribution is -0.385. The van der Waals surface area contributed by atoms with Crippen LogP contribution in [0, 0.1) is 10.1 Å². The maximum absolute atomic E-state index is 12.4. The summed E-state index contributed by atoms with van der Waals surface area (Å²) >= 11 is 0. The van der Waals surface area contributed by atoms with Crippen molar-refractivity contribution in [2.24, 2.45) is 5.10 Å². The second-order valence-electron chi connectivity index (χ2n) is 5.42. The molecule has 0 bridgehead atoms. The zero-order valence-corrected chi connectivity index (χ0v) is 13.9. The van der Waals surface area contributed by atoms with E-state index < -0.39 is 27.8 Å². The Labute approximate surface area is 150 Å². The normalized spacial score (nSPS) is 11.0. The van der Waals surface area contributed by atoms with Crippen LogP contribution in [-0.2, 0) is 4.79 Å². The summed E-state index contributed by atoms with van der Waals surface area (Å²) in [5.41, 5.74) is -1.22. The largest absolute Gasteiger partial charge is 0.419 e. The summed E-state index contributed by atoms with van der Waals surface area (Å²) in [6.45, 7) is 1.12. The molecule has 3 aromatic rings. The van der Waals surface area contributed by atoms with Crippen molar-refractivity contribution in [3.05, 3.63) is 79.0 Å². The number of para-hydroxylation sites is 1. The molecule has 0 saturated carbocycles. The van der Waals surface area contributed by atoms with E-state index in [0.717, 1.165) is 19.2 Å². The van der Waals surface area contributed by atoms with E-state index >= 15 is 0 Å². The van der Waals surface area contributed by atoms with Crippen LogP contribution in [0.1, 0.15) is 12.5 Å². The number of carbonyl (C=O) groups excluding carboxylic acids is 1. The van der Waals surface area contributed by atoms with E-state index in [2.05, 4.69) is 10.1 Å². The first-order chi connectivity index (χ1) is 12.9. The minimum atomic E-state index is -0.749. The summed E-state index contributed by atoms with van der Waals surface area (Å²) in [6.07, 6.45) is 1.12. The monoisotopic (exact) mass is 368 g/mol. The van der Waals surface area contributed by atoms with E-state index in [9.17, 15) is 24.5 Å². The molecular formula is C17H12N4O6. The zero-order valence-electron chi connectivity index (χ0n) is 13.9. The second kappa shape index (κ2) is 7.04. The molecule has 136 valence electrons. The first-order valence-electron chi connectivity index (χ1n) is 7.62. The molecule has 0 fully saturated rings. The molecule has 10 nitrogen and oxygen atoms in total. The Morgan fingerprint density at radius 1 is 1.26 bits per heavy atom. The molecule has 0 unspecified atom stereocenters. The number of ether oxygens (including phenoxy) is 1. The van der Waals surface area contributed by atoms with E-state index in [0.29, 0.717) is 10.2 Å². The molecule has 0 amide bonds. The molecule has 0 spiro atoms. The van der Waals surface area contributed by atoms with Crippen LogP contribution >= 0.6 is 0 Å². The summed E-state index contributed by atoms with van der Waals surface area (Å²) in [5, 5.41) is 15.2. The Kier molecular flexibility index (Phi) is 4.62. The average Bonchev–Trinajstić information content (AvgIpc) is 2.62. The van der Waals surface area contributed by atoms with E-state index in [1.54, 1.807) is 24.3 Å². The Hall–Kier alpha value is -4.08. The van der Waals surface area contributed by atoms with Gasteiger partial charge in [-0.05, 0) is 24.3 Å². The predicted octanol–water partition coefficient (Wildman–Crippen LogP) is 1.41. The fraction of sp³-hybridized carbons (Fsp3) is 0.0588. The lowest BCUT2D eigenvalue weighted by atomic mass is 10.2. The number of benzene rings is 2. The molecule has 1 heterocycles. The van der Waals surface area contributed by atoms with E-state index in [-0.39, 0.29) is 16.7 Å². The molecule has 1 N–H and O–H groups in total. The maximum Gasteiger partial charge on any atom is 0.349 e. The molecule has 0 aliphatic heterocycles. The number of nitro groups is 1. The second-order valence-corrected chi connectivity index (χ2v) is 5.42. The van der Waals surface area contributed by atoms with Crippen LogP contribution in [0.3, 0.4) is 0 Å². The van der Waals surface area contributed by atoms with Gasteiger partial charge in [-0.25, -0.2) is 4.79 Å². The predicted molar refractivity (Wildman–Crippen MR) is 96.2 cm³/mol. The minimum absolute atomic E-state index is 0.217. The van der Waals surface area contributed by atoms with Gasteiger partial charge >= 0.3 is 17.3 Å². The molecule has 0 saturated heterocycles. The van der Waals surface area contributed by atoms with Gasteiger partial charge in [-0.15, -0.1) is 4.68 Å². The van der Waals surface area contributed by atoms with Crippen molar-refractivity contribution in [2.45, 2.75) is 6.92 Å². The van der Waals surface area contributed by atoms with Crippen molar-refractivity contribution in [1.82, 2.24) is 9.66 Å². The Morgan fingerprint density at radius 2 is 2.00 bits per heavy atom. The standard InChI is InChI=1S/C17H12N4O6/c1-10(22)27-15-7-6-11(8-14(15)21(25)26)9-18-20-16(23)12-4-2-3-5-13(12)19-17(20)24/h2-9H,1H3,(H,19,24). The van der Waals surface area contributed by atoms with Crippen molar-refractivity contribution in [3.63, 3.8) is 0 Å². The van der Waals surface area contributed by atoms with Crippen molar-refractivity contribution in [3.8, 4) is 5.75 Å². The van der Waals surface area contributed by atoms with Crippen LogP contribution < -0.4 is 16.0 Å². The minimum Gasteiger partial charge on any atom is -0.419 e. The number of hydrogen-bond acceptors (Lipinski definition) is 7. The third-order valence-electron chi connectivity index (χ3n) is 3.54. The van der Waals surface area contributed by atoms with Gasteiger partial charge in [0.05, 0.1) is 22.0 Å². The third kappa shape index (κ3) is 3.63. The lowest BCUT2D eigenvalue weighted by Crippen LogP contribution is -2.32. The molecule has 10 heteroatoms. The van der Waals surface area contributed by atoms with Gasteiger partial charge in [-0.1, -0.05) is 12.1 Å². The Balaban J connectivity index is 2.04. The average molecular weight is 368 g/mol. The molecule has 0 aliphatic rings. The van der Waals surface area contributed by atoms with Gasteiger partial charge in [0.25, 0.3) is 5.56 Å². The van der Waals surface area contributed by atoms with Crippen molar-refractivity contribution < 1.29 is 14.5 Å². The van der Waals surface area contributed by atoms with Gasteiger partial charge in [-0.2, -0.15) is 5.10 Å². The summed E-state index contributed by atoms with van der Waals surface area (Å²) in [4.78, 5) is 48.4. The Morgan fingerprint density at radius 3 is 2.70 bits per heavy atom. The lowest BCUT2D eigenvalue weighted by Gasteiger charge is -2.03. The van der Waals surface area contributed by atoms with Crippen LogP contribution in [0.5, 0.6) is 5.75 Å². The van der Waals surface area contributed by atoms with Crippen LogP contribution in [-0.4, -0.2) is 26.8 Å². The van der Waals surface area contributed by atoms with E-state index in [1.807, 2.05) is 0 Å². The van der Waals surface area contributed by atoms with Crippen molar-refractivity contribution in [2.75, 3.05) is 0 Å². The van der Waals surface area contributed by atoms with Gasteiger partial charge < -0.3 is 9.72 Å². The number of nitrogens with one attached hydrogen (secondary N) is 1. The number of H-pyrrole nitrogens is 1. The Bertz CT molecular complexity index is 1210. The fourth-order valence-corrected chi connectivity index (χ4v) is 2.38. The first kappa shape index (κ1) is 17.7. The maximum atomic E-state index is 12.4. The number of nitro benzene ring substituents is 1. The van der Waals surface area contributed by atoms with Gasteiger partial charge in [0.1, 0.15) is 0 Å². The molecule has 2 aromatic carbocycles. The highest BCUT2D eigenvalue weighted by molar-refractivity contribution is 5.82. The van der Waals surface area contributed by atoms with Gasteiger partial charge in [0.15, 0.2) is 0 Å². The van der Waals surface area contributed by atoms with Crippen LogP contribution in [0.2, 0.25) is 0 Å². The zero-order chi connectivity index (χ0) is 19.6. The molecule has 0 atom stereocenters. The number of aromatic nitrogens is 2. The number of carbonyl (C=O) groups is 1. The number of aromatic amines is 1. The van der Waals surface area contributed by atoms with Crippen LogP contribution in [0.25, 0.3) is 10.9 Å². The SMILES string of the molecule is CC(=O)Oc1ccc(C=Nn2c(=O)[nH]c3ccccc3c2=O)cc1[N+](=O)[O-]. The number of esters is 1. The third-order valence-corrected chi connectivity index (χ3v) is 3.54. The molecule has 0 radical (unpaired) electrons. The van der Waals surface area contributed by atoms with Crippen molar-refractivity contribution in [1.29, 1.82) is 0 Å². The summed E-state index contributed by atoms with van der Waals surface area (Å²) in [7, 11) is 0. The highest BCUT2D eigenvalue weighted by atomic mass is 16.6. The summed E-state index contributed by atoms with van der Waals surface area (Å²) in [6, 6.07) is 10.2. The topological polar surface area (TPSA) is 137 Å². The number of nitrogens with zero attached hydrogens (tertiary/aromatic N) is 3. The molecule has 27 heavy (non-hydrogen) atoms. The molecule has 3 rings (SSSR count). The summed E-state index contributed by atoms with van der Waals surface area (Å²) < 4.78 is 5.39. The fourth-order valence-electron chi connectivity index (χ4n) is 2.38. The number of hydrogen-bond donors (Lipinski definition) is 1. The van der Waals surface area contributed by atoms with Gasteiger partial charge in [0, 0.05) is 18.6 Å². The number of fused-ring (bicyclic) bond motifs is 1. The van der Waals surface area contributed by atoms with Gasteiger partial charge in [-0.3, -0.25) is 19.7 Å². The smallest absolute Gasteiger partial charge is 0.349 e. The van der Waals surface area contributed by atoms with Crippen molar-refractivity contribution >= 4 is 28.8 Å². The highest BCUT2D eigenvalue weighted by Gasteiger charge is 2.17. The van der Waals surface area contributed by atoms with E-state index in [1.165, 1.54) is 12.1 Å². The quantitative estimate of drug-likeness (QED) is 0.243.